The largest absolute Gasteiger partial charge is 0.378 e. The van der Waals surface area contributed by atoms with E-state index >= 15 is 0 Å². The van der Waals surface area contributed by atoms with Crippen LogP contribution in [-0.4, -0.2) is 37.1 Å². The summed E-state index contributed by atoms with van der Waals surface area (Å²) < 4.78 is 19.4. The van der Waals surface area contributed by atoms with E-state index in [4.69, 9.17) is 4.74 Å². The van der Waals surface area contributed by atoms with E-state index in [1.165, 1.54) is 29.0 Å². The molecular formula is C26H27FN2O2S. The van der Waals surface area contributed by atoms with Crippen molar-refractivity contribution in [2.75, 3.05) is 20.2 Å². The maximum absolute atomic E-state index is 13.2. The van der Waals surface area contributed by atoms with Crippen molar-refractivity contribution in [2.45, 2.75) is 36.9 Å². The molecule has 6 heteroatoms. The molecule has 1 aromatic heterocycles. The minimum Gasteiger partial charge on any atom is -0.378 e. The summed E-state index contributed by atoms with van der Waals surface area (Å²) in [5, 5.41) is 5.18. The number of hydrogen-bond acceptors (Lipinski definition) is 4. The molecule has 0 unspecified atom stereocenters. The molecule has 2 atom stereocenters. The van der Waals surface area contributed by atoms with Crippen LogP contribution in [0.15, 0.2) is 66.0 Å². The van der Waals surface area contributed by atoms with E-state index in [1.54, 1.807) is 7.11 Å². The average Bonchev–Trinajstić information content (AvgIpc) is 3.44. The van der Waals surface area contributed by atoms with E-state index in [0.717, 1.165) is 43.6 Å². The molecule has 0 saturated carbocycles. The first-order chi connectivity index (χ1) is 15.6. The van der Waals surface area contributed by atoms with Gasteiger partial charge in [-0.25, -0.2) is 4.39 Å². The second-order valence-electron chi connectivity index (χ2n) is 8.73. The zero-order valence-corrected chi connectivity index (χ0v) is 18.9. The van der Waals surface area contributed by atoms with Gasteiger partial charge in [-0.3, -0.25) is 9.69 Å². The number of thiophene rings is 1. The summed E-state index contributed by atoms with van der Waals surface area (Å²) >= 11 is 1.45. The lowest BCUT2D eigenvalue weighted by Gasteiger charge is -2.44. The van der Waals surface area contributed by atoms with Crippen molar-refractivity contribution in [1.82, 2.24) is 10.2 Å². The second kappa shape index (κ2) is 8.77. The summed E-state index contributed by atoms with van der Waals surface area (Å²) in [5.74, 6) is -0.250. The standard InChI is InChI=1S/C26H27FN2O2S/c1-31-24-23(28-25(30)22-7-4-16-32-22)20-5-2-3-6-21(20)26(24)12-14-29(15-13-26)17-18-8-10-19(27)11-9-18/h2-11,16,23-24H,12-15,17H2,1H3,(H,28,30)/t23-,24+/m0/s1. The molecule has 2 heterocycles. The van der Waals surface area contributed by atoms with Gasteiger partial charge in [-0.05, 0) is 66.2 Å². The van der Waals surface area contributed by atoms with E-state index in [1.807, 2.05) is 35.7 Å². The Morgan fingerprint density at radius 3 is 2.56 bits per heavy atom. The van der Waals surface area contributed by atoms with Crippen LogP contribution in [0.4, 0.5) is 4.39 Å². The summed E-state index contributed by atoms with van der Waals surface area (Å²) in [5.41, 5.74) is 3.46. The number of halogens is 1. The third kappa shape index (κ3) is 3.76. The Labute approximate surface area is 192 Å². The molecule has 1 spiro atoms. The lowest BCUT2D eigenvalue weighted by molar-refractivity contribution is -0.0121. The molecular weight excluding hydrogens is 423 g/mol. The number of methoxy groups -OCH3 is 1. The van der Waals surface area contributed by atoms with Gasteiger partial charge in [0.25, 0.3) is 5.91 Å². The predicted octanol–water partition coefficient (Wildman–Crippen LogP) is 4.92. The van der Waals surface area contributed by atoms with E-state index in [9.17, 15) is 9.18 Å². The van der Waals surface area contributed by atoms with E-state index in [2.05, 4.69) is 28.4 Å². The fourth-order valence-electron chi connectivity index (χ4n) is 5.50. The molecule has 2 aromatic carbocycles. The zero-order chi connectivity index (χ0) is 22.1. The lowest BCUT2D eigenvalue weighted by Crippen LogP contribution is -2.50. The number of carbonyl (C=O) groups is 1. The quantitative estimate of drug-likeness (QED) is 0.600. The molecule has 0 bridgehead atoms. The van der Waals surface area contributed by atoms with Crippen molar-refractivity contribution < 1.29 is 13.9 Å². The first kappa shape index (κ1) is 21.3. The maximum Gasteiger partial charge on any atom is 0.261 e. The molecule has 3 aromatic rings. The Kier molecular flexibility index (Phi) is 5.84. The van der Waals surface area contributed by atoms with Gasteiger partial charge < -0.3 is 10.1 Å². The summed E-state index contributed by atoms with van der Waals surface area (Å²) in [4.78, 5) is 16.0. The molecule has 1 amide bonds. The SMILES string of the molecule is CO[C@@H]1[C@@H](NC(=O)c2cccs2)c2ccccc2C12CCN(Cc1ccc(F)cc1)CC2. The fourth-order valence-corrected chi connectivity index (χ4v) is 6.13. The van der Waals surface area contributed by atoms with Crippen LogP contribution in [0.2, 0.25) is 0 Å². The monoisotopic (exact) mass is 450 g/mol. The molecule has 4 nitrogen and oxygen atoms in total. The van der Waals surface area contributed by atoms with E-state index in [-0.39, 0.29) is 29.3 Å². The average molecular weight is 451 g/mol. The minimum atomic E-state index is -0.201. The molecule has 32 heavy (non-hydrogen) atoms. The number of nitrogens with zero attached hydrogens (tertiary/aromatic N) is 1. The number of benzene rings is 2. The van der Waals surface area contributed by atoms with Crippen molar-refractivity contribution in [1.29, 1.82) is 0 Å². The van der Waals surface area contributed by atoms with Crippen LogP contribution in [0.3, 0.4) is 0 Å². The van der Waals surface area contributed by atoms with E-state index in [0.29, 0.717) is 4.88 Å². The Morgan fingerprint density at radius 2 is 1.88 bits per heavy atom. The Bertz CT molecular complexity index is 1080. The number of amides is 1. The van der Waals surface area contributed by atoms with Crippen LogP contribution in [0.25, 0.3) is 0 Å². The van der Waals surface area contributed by atoms with Gasteiger partial charge in [0.15, 0.2) is 0 Å². The highest BCUT2D eigenvalue weighted by atomic mass is 32.1. The van der Waals surface area contributed by atoms with Gasteiger partial charge in [-0.2, -0.15) is 0 Å². The summed E-state index contributed by atoms with van der Waals surface area (Å²) in [6.07, 6.45) is 1.79. The van der Waals surface area contributed by atoms with Gasteiger partial charge in [0.1, 0.15) is 5.82 Å². The molecule has 1 aliphatic carbocycles. The number of carbonyl (C=O) groups excluding carboxylic acids is 1. The highest BCUT2D eigenvalue weighted by molar-refractivity contribution is 7.12. The summed E-state index contributed by atoms with van der Waals surface area (Å²) in [7, 11) is 1.76. The third-order valence-electron chi connectivity index (χ3n) is 7.03. The first-order valence-electron chi connectivity index (χ1n) is 11.0. The number of likely N-dealkylation sites (tertiary alicyclic amines) is 1. The van der Waals surface area contributed by atoms with Crippen molar-refractivity contribution in [2.24, 2.45) is 0 Å². The van der Waals surface area contributed by atoms with Crippen LogP contribution >= 0.6 is 11.3 Å². The fraction of sp³-hybridized carbons (Fsp3) is 0.346. The normalized spacial score (nSPS) is 22.1. The lowest BCUT2D eigenvalue weighted by atomic mass is 9.72. The van der Waals surface area contributed by atoms with Crippen LogP contribution in [0.5, 0.6) is 0 Å². The summed E-state index contributed by atoms with van der Waals surface area (Å²) in [6.45, 7) is 2.67. The first-order valence-corrected chi connectivity index (χ1v) is 11.9. The number of ether oxygens (including phenoxy) is 1. The molecule has 5 rings (SSSR count). The van der Waals surface area contributed by atoms with E-state index < -0.39 is 0 Å². The predicted molar refractivity (Wildman–Crippen MR) is 124 cm³/mol. The van der Waals surface area contributed by atoms with Gasteiger partial charge in [0.2, 0.25) is 0 Å². The van der Waals surface area contributed by atoms with Crippen molar-refractivity contribution in [3.8, 4) is 0 Å². The van der Waals surface area contributed by atoms with Crippen molar-refractivity contribution in [3.05, 3.63) is 93.4 Å². The van der Waals surface area contributed by atoms with Crippen molar-refractivity contribution >= 4 is 17.2 Å². The molecule has 166 valence electrons. The highest BCUT2D eigenvalue weighted by Crippen LogP contribution is 2.52. The Hall–Kier alpha value is -2.54. The van der Waals surface area contributed by atoms with Gasteiger partial charge in [-0.1, -0.05) is 42.5 Å². The van der Waals surface area contributed by atoms with Gasteiger partial charge >= 0.3 is 0 Å². The molecule has 2 aliphatic rings. The molecule has 1 fully saturated rings. The molecule has 1 aliphatic heterocycles. The number of nitrogens with one attached hydrogen (secondary N) is 1. The topological polar surface area (TPSA) is 41.6 Å². The number of piperidine rings is 1. The zero-order valence-electron chi connectivity index (χ0n) is 18.1. The number of fused-ring (bicyclic) bond motifs is 2. The second-order valence-corrected chi connectivity index (χ2v) is 9.68. The van der Waals surface area contributed by atoms with Gasteiger partial charge in [0, 0.05) is 19.1 Å². The summed E-state index contributed by atoms with van der Waals surface area (Å²) in [6, 6.07) is 18.8. The maximum atomic E-state index is 13.2. The van der Waals surface area contributed by atoms with Crippen LogP contribution < -0.4 is 5.32 Å². The third-order valence-corrected chi connectivity index (χ3v) is 7.90. The van der Waals surface area contributed by atoms with Gasteiger partial charge in [-0.15, -0.1) is 11.3 Å². The van der Waals surface area contributed by atoms with Crippen molar-refractivity contribution in [3.63, 3.8) is 0 Å². The minimum absolute atomic E-state index is 0.0485. The van der Waals surface area contributed by atoms with Gasteiger partial charge in [0.05, 0.1) is 17.0 Å². The Balaban J connectivity index is 1.37. The number of hydrogen-bond donors (Lipinski definition) is 1. The molecule has 0 radical (unpaired) electrons. The highest BCUT2D eigenvalue weighted by Gasteiger charge is 2.54. The molecule has 1 N–H and O–H groups in total. The Morgan fingerprint density at radius 1 is 1.12 bits per heavy atom. The van der Waals surface area contributed by atoms with Crippen LogP contribution in [0, 0.1) is 5.82 Å². The smallest absolute Gasteiger partial charge is 0.261 e. The van der Waals surface area contributed by atoms with Crippen LogP contribution in [-0.2, 0) is 16.7 Å². The number of rotatable bonds is 5. The molecule has 1 saturated heterocycles. The van der Waals surface area contributed by atoms with Crippen LogP contribution in [0.1, 0.15) is 45.2 Å².